The number of aromatic amines is 1. The van der Waals surface area contributed by atoms with Crippen molar-refractivity contribution in [2.24, 2.45) is 11.3 Å². The summed E-state index contributed by atoms with van der Waals surface area (Å²) in [5.41, 5.74) is 4.91. The number of hydrogen-bond acceptors (Lipinski definition) is 14. The highest BCUT2D eigenvalue weighted by atomic mass is 32.2. The Kier molecular flexibility index (Phi) is 12.7. The van der Waals surface area contributed by atoms with Crippen molar-refractivity contribution in [2.75, 3.05) is 68.1 Å². The van der Waals surface area contributed by atoms with Gasteiger partial charge in [0.05, 0.1) is 39.3 Å². The number of ether oxygens (including phenoxy) is 2. The average Bonchev–Trinajstić information content (AvgIpc) is 3.81. The van der Waals surface area contributed by atoms with Crippen LogP contribution in [0.25, 0.3) is 11.0 Å². The van der Waals surface area contributed by atoms with Crippen LogP contribution < -0.4 is 24.6 Å². The summed E-state index contributed by atoms with van der Waals surface area (Å²) in [6.07, 6.45) is 9.18. The number of fused-ring (bicyclic) bond motifs is 3. The first-order valence-electron chi connectivity index (χ1n) is 25.8. The van der Waals surface area contributed by atoms with Gasteiger partial charge in [0.15, 0.2) is 0 Å². The molecule has 3 aromatic carbocycles. The van der Waals surface area contributed by atoms with E-state index in [0.29, 0.717) is 80.0 Å². The van der Waals surface area contributed by atoms with Crippen LogP contribution in [0.5, 0.6) is 5.88 Å². The Morgan fingerprint density at radius 2 is 1.76 bits per heavy atom. The molecule has 4 aliphatic heterocycles. The summed E-state index contributed by atoms with van der Waals surface area (Å²) < 4.78 is 43.1. The second-order valence-electron chi connectivity index (χ2n) is 22.0. The molecular formula is C54H67N9O8S. The van der Waals surface area contributed by atoms with Crippen LogP contribution >= 0.6 is 0 Å². The quantitative estimate of drug-likeness (QED) is 0.0732. The predicted octanol–water partition coefficient (Wildman–Crippen LogP) is 8.07. The van der Waals surface area contributed by atoms with Crippen molar-refractivity contribution in [3.05, 3.63) is 106 Å². The fourth-order valence-corrected chi connectivity index (χ4v) is 14.0. The molecule has 72 heavy (non-hydrogen) atoms. The van der Waals surface area contributed by atoms with Gasteiger partial charge in [0.2, 0.25) is 5.88 Å². The first-order valence-corrected chi connectivity index (χ1v) is 27.3. The summed E-state index contributed by atoms with van der Waals surface area (Å²) in [7, 11) is -2.38. The maximum Gasteiger partial charge on any atom is 0.293 e. The minimum atomic E-state index is -4.62. The zero-order valence-electron chi connectivity index (χ0n) is 41.7. The molecule has 6 heterocycles. The van der Waals surface area contributed by atoms with Crippen LogP contribution in [0.3, 0.4) is 0 Å². The summed E-state index contributed by atoms with van der Waals surface area (Å²) in [5.74, 6) is -0.303. The first-order chi connectivity index (χ1) is 34.5. The summed E-state index contributed by atoms with van der Waals surface area (Å²) in [6, 6.07) is 23.1. The second kappa shape index (κ2) is 18.9. The number of hydrogen-bond donors (Lipinski definition) is 4. The number of aryl methyl sites for hydroxylation is 1. The van der Waals surface area contributed by atoms with Gasteiger partial charge in [-0.15, -0.1) is 0 Å². The lowest BCUT2D eigenvalue weighted by molar-refractivity contribution is -0.384. The van der Waals surface area contributed by atoms with E-state index < -0.39 is 43.1 Å². The number of aliphatic hydroxyl groups is 1. The number of nitro groups is 1. The van der Waals surface area contributed by atoms with Crippen molar-refractivity contribution < 1.29 is 32.7 Å². The molecule has 2 saturated carbocycles. The smallest absolute Gasteiger partial charge is 0.293 e. The normalized spacial score (nSPS) is 26.9. The Labute approximate surface area is 421 Å². The molecule has 0 unspecified atom stereocenters. The number of sulfonamides is 1. The highest BCUT2D eigenvalue weighted by Crippen LogP contribution is 2.54. The van der Waals surface area contributed by atoms with Crippen molar-refractivity contribution in [3.8, 4) is 5.88 Å². The van der Waals surface area contributed by atoms with Gasteiger partial charge in [-0.3, -0.25) is 19.8 Å². The molecule has 4 N–H and O–H groups in total. The molecule has 17 nitrogen and oxygen atoms in total. The van der Waals surface area contributed by atoms with E-state index in [4.69, 9.17) is 14.5 Å². The second-order valence-corrected chi connectivity index (χ2v) is 23.7. The van der Waals surface area contributed by atoms with Crippen LogP contribution in [0.1, 0.15) is 99.2 Å². The first kappa shape index (κ1) is 48.5. The monoisotopic (exact) mass is 1000 g/mol. The molecule has 11 rings (SSSR count). The molecule has 3 saturated heterocycles. The van der Waals surface area contributed by atoms with Crippen molar-refractivity contribution in [1.29, 1.82) is 0 Å². The molecule has 0 bridgehead atoms. The number of amides is 1. The van der Waals surface area contributed by atoms with E-state index in [1.54, 1.807) is 6.07 Å². The van der Waals surface area contributed by atoms with Gasteiger partial charge in [-0.25, -0.2) is 13.1 Å². The van der Waals surface area contributed by atoms with Gasteiger partial charge in [0, 0.05) is 80.8 Å². The van der Waals surface area contributed by atoms with Crippen molar-refractivity contribution in [2.45, 2.75) is 119 Å². The van der Waals surface area contributed by atoms with Gasteiger partial charge in [-0.05, 0) is 151 Å². The molecule has 2 aromatic heterocycles. The Hall–Kier alpha value is -5.79. The molecule has 6 aliphatic rings. The maximum absolute atomic E-state index is 14.7. The Morgan fingerprint density at radius 3 is 2.53 bits per heavy atom. The minimum absolute atomic E-state index is 0.119. The largest absolute Gasteiger partial charge is 0.468 e. The van der Waals surface area contributed by atoms with E-state index in [0.717, 1.165) is 69.0 Å². The van der Waals surface area contributed by atoms with Crippen LogP contribution in [0.4, 0.5) is 28.4 Å². The molecule has 5 aromatic rings. The molecule has 18 heteroatoms. The molecule has 2 aliphatic carbocycles. The number of nitrogens with zero attached hydrogens (tertiary/aromatic N) is 6. The van der Waals surface area contributed by atoms with Gasteiger partial charge in [-0.1, -0.05) is 24.3 Å². The number of rotatable bonds is 11. The number of likely N-dealkylation sites (N-methyl/N-ethyl adjacent to an activating group) is 1. The van der Waals surface area contributed by atoms with Crippen molar-refractivity contribution in [3.63, 3.8) is 0 Å². The number of pyridine rings is 1. The summed E-state index contributed by atoms with van der Waals surface area (Å²) >= 11 is 0. The minimum Gasteiger partial charge on any atom is -0.468 e. The predicted molar refractivity (Wildman–Crippen MR) is 277 cm³/mol. The Bertz CT molecular complexity index is 2970. The number of carbonyl (C=O) groups is 1. The average molecular weight is 1000 g/mol. The lowest BCUT2D eigenvalue weighted by Gasteiger charge is -2.60. The molecular weight excluding hydrogens is 935 g/mol. The summed E-state index contributed by atoms with van der Waals surface area (Å²) in [4.78, 5) is 43.9. The summed E-state index contributed by atoms with van der Waals surface area (Å²) in [6.45, 7) is 11.4. The van der Waals surface area contributed by atoms with Crippen LogP contribution in [0, 0.1) is 28.4 Å². The van der Waals surface area contributed by atoms with E-state index >= 15 is 0 Å². The Morgan fingerprint density at radius 1 is 0.986 bits per heavy atom. The van der Waals surface area contributed by atoms with Crippen LogP contribution in [-0.4, -0.2) is 127 Å². The molecule has 0 radical (unpaired) electrons. The Balaban J connectivity index is 0.870. The van der Waals surface area contributed by atoms with Crippen molar-refractivity contribution in [1.82, 2.24) is 24.5 Å². The highest BCUT2D eigenvalue weighted by molar-refractivity contribution is 7.90. The van der Waals surface area contributed by atoms with E-state index in [9.17, 15) is 28.4 Å². The lowest BCUT2D eigenvalue weighted by Crippen LogP contribution is -2.62. The fourth-order valence-electron chi connectivity index (χ4n) is 13.0. The van der Waals surface area contributed by atoms with Gasteiger partial charge in [0.1, 0.15) is 23.1 Å². The number of benzene rings is 3. The van der Waals surface area contributed by atoms with Crippen LogP contribution in [0.15, 0.2) is 83.9 Å². The van der Waals surface area contributed by atoms with Crippen LogP contribution in [0.2, 0.25) is 0 Å². The molecule has 382 valence electrons. The molecule has 1 spiro atoms. The molecule has 5 fully saturated rings. The number of piperidine rings is 1. The fraction of sp³-hybridized carbons (Fsp3) is 0.519. The standard InChI is InChI=1S/C54H67N9O8S/c1-34-7-5-6-8-41(34)48-32-59(4)31-35(2)61(48)39-28-54(29-39)19-22-60(23-20-54)38-9-11-42(45(26-38)62-44-16-24-70-33-49(44)71-52-47(62)25-37-15-21-55-50(37)57-52)51(64)58-72(68,69)40-10-12-43(46(27-40)63(66)67)56-30-36-13-17-53(3,65)18-14-36/h5-12,15,21,25-27,35-36,39,44,48-49,56,65H,13-14,16-20,22-24,28-33H2,1-4H3,(H,55,57)(H,58,64)/t35-,36?,44-,48-,49-,53?/m0/s1. The van der Waals surface area contributed by atoms with E-state index in [1.165, 1.54) is 36.1 Å². The molecule has 4 atom stereocenters. The van der Waals surface area contributed by atoms with Gasteiger partial charge in [-0.2, -0.15) is 4.98 Å². The number of anilines is 4. The number of piperazine rings is 1. The van der Waals surface area contributed by atoms with Gasteiger partial charge in [0.25, 0.3) is 21.6 Å². The van der Waals surface area contributed by atoms with E-state index in [2.05, 4.69) is 79.8 Å². The van der Waals surface area contributed by atoms with E-state index in [1.807, 2.05) is 37.4 Å². The van der Waals surface area contributed by atoms with Gasteiger partial charge < -0.3 is 39.6 Å². The van der Waals surface area contributed by atoms with Crippen LogP contribution in [-0.2, 0) is 14.8 Å². The topological polar surface area (TPSA) is 199 Å². The number of carbonyl (C=O) groups excluding carboxylic acids is 1. The number of aromatic nitrogens is 2. The third-order valence-corrected chi connectivity index (χ3v) is 18.3. The SMILES string of the molecule is Cc1ccccc1[C@@H]1CN(C)C[C@H](C)N1C1CC2(CCN(c3ccc(C(=O)NS(=O)(=O)c4ccc(NCC5CCC(C)(O)CC5)c([N+](=O)[O-])c4)c(N4c5cc6cc[nH]c6nc5O[C@H]5COCC[C@@H]54)c3)CC2)C1. The van der Waals surface area contributed by atoms with Gasteiger partial charge >= 0.3 is 0 Å². The number of nitrogens with one attached hydrogen (secondary N) is 3. The third-order valence-electron chi connectivity index (χ3n) is 17.0. The maximum atomic E-state index is 14.7. The number of H-pyrrole nitrogens is 1. The van der Waals surface area contributed by atoms with Crippen molar-refractivity contribution >= 4 is 55.4 Å². The van der Waals surface area contributed by atoms with E-state index in [-0.39, 0.29) is 28.6 Å². The lowest BCUT2D eigenvalue weighted by atomic mass is 9.59. The zero-order valence-corrected chi connectivity index (χ0v) is 42.5. The zero-order chi connectivity index (χ0) is 50.1. The summed E-state index contributed by atoms with van der Waals surface area (Å²) in [5, 5.41) is 26.8. The third kappa shape index (κ3) is 9.29. The molecule has 1 amide bonds. The highest BCUT2D eigenvalue weighted by Gasteiger charge is 2.51. The number of nitro benzene ring substituents is 1.